The molecule has 0 amide bonds. The van der Waals surface area contributed by atoms with Crippen LogP contribution in [-0.2, 0) is 14.3 Å². The molecular formula is C14H20O4. The lowest BCUT2D eigenvalue weighted by atomic mass is 10.1. The summed E-state index contributed by atoms with van der Waals surface area (Å²) in [5.74, 6) is -0.775. The molecule has 0 saturated carbocycles. The summed E-state index contributed by atoms with van der Waals surface area (Å²) in [5.41, 5.74) is 0.201. The zero-order valence-electron chi connectivity index (χ0n) is 11.3. The van der Waals surface area contributed by atoms with Crippen molar-refractivity contribution in [1.29, 1.82) is 0 Å². The van der Waals surface area contributed by atoms with Crippen LogP contribution in [0.3, 0.4) is 0 Å². The van der Waals surface area contributed by atoms with E-state index in [2.05, 4.69) is 6.58 Å². The summed E-state index contributed by atoms with van der Waals surface area (Å²) in [6, 6.07) is 0. The highest BCUT2D eigenvalue weighted by atomic mass is 16.5. The van der Waals surface area contributed by atoms with Gasteiger partial charge in [-0.3, -0.25) is 0 Å². The van der Waals surface area contributed by atoms with Gasteiger partial charge in [-0.05, 0) is 38.8 Å². The highest BCUT2D eigenvalue weighted by molar-refractivity contribution is 5.76. The number of carboxylic acid groups (broad SMARTS) is 1. The van der Waals surface area contributed by atoms with Gasteiger partial charge in [-0.1, -0.05) is 18.7 Å². The van der Waals surface area contributed by atoms with Crippen LogP contribution in [0.15, 0.2) is 35.6 Å². The number of hydrogen-bond donors (Lipinski definition) is 1. The monoisotopic (exact) mass is 252 g/mol. The summed E-state index contributed by atoms with van der Waals surface area (Å²) in [4.78, 5) is 21.4. The molecule has 18 heavy (non-hydrogen) atoms. The minimum absolute atomic E-state index is 0.285. The Balaban J connectivity index is 4.85. The molecule has 0 aliphatic carbocycles. The SMILES string of the molecule is C=C(OC(C)(C)C(=O)O)/C(C)=C\C(=C/C)CC=O. The largest absolute Gasteiger partial charge is 0.478 e. The van der Waals surface area contributed by atoms with Crippen molar-refractivity contribution in [1.82, 2.24) is 0 Å². The third kappa shape index (κ3) is 4.99. The van der Waals surface area contributed by atoms with Crippen LogP contribution in [0.1, 0.15) is 34.1 Å². The van der Waals surface area contributed by atoms with E-state index in [-0.39, 0.29) is 5.76 Å². The van der Waals surface area contributed by atoms with Gasteiger partial charge in [-0.25, -0.2) is 4.79 Å². The zero-order valence-corrected chi connectivity index (χ0v) is 11.3. The average Bonchev–Trinajstić information content (AvgIpc) is 2.27. The Labute approximate surface area is 108 Å². The molecule has 4 heteroatoms. The molecule has 0 saturated heterocycles. The smallest absolute Gasteiger partial charge is 0.347 e. The summed E-state index contributed by atoms with van der Waals surface area (Å²) in [7, 11) is 0. The normalized spacial score (nSPS) is 13.1. The first-order valence-corrected chi connectivity index (χ1v) is 5.63. The molecule has 0 aromatic carbocycles. The second kappa shape index (κ2) is 6.79. The van der Waals surface area contributed by atoms with Crippen LogP contribution in [0.2, 0.25) is 0 Å². The van der Waals surface area contributed by atoms with Gasteiger partial charge in [0.25, 0.3) is 0 Å². The van der Waals surface area contributed by atoms with E-state index < -0.39 is 11.6 Å². The van der Waals surface area contributed by atoms with E-state index in [9.17, 15) is 9.59 Å². The maximum atomic E-state index is 10.9. The Morgan fingerprint density at radius 1 is 1.44 bits per heavy atom. The van der Waals surface area contributed by atoms with Crippen molar-refractivity contribution in [3.63, 3.8) is 0 Å². The number of aldehydes is 1. The van der Waals surface area contributed by atoms with Gasteiger partial charge in [-0.15, -0.1) is 0 Å². The highest BCUT2D eigenvalue weighted by Gasteiger charge is 2.29. The van der Waals surface area contributed by atoms with Crippen LogP contribution in [0.5, 0.6) is 0 Å². The third-order valence-electron chi connectivity index (χ3n) is 2.42. The van der Waals surface area contributed by atoms with Crippen molar-refractivity contribution in [3.05, 3.63) is 35.6 Å². The summed E-state index contributed by atoms with van der Waals surface area (Å²) < 4.78 is 5.31. The number of allylic oxidation sites excluding steroid dienone is 4. The van der Waals surface area contributed by atoms with Gasteiger partial charge in [-0.2, -0.15) is 0 Å². The fourth-order valence-corrected chi connectivity index (χ4v) is 1.15. The van der Waals surface area contributed by atoms with Crippen molar-refractivity contribution in [2.45, 2.75) is 39.7 Å². The lowest BCUT2D eigenvalue weighted by Crippen LogP contribution is -2.34. The van der Waals surface area contributed by atoms with Gasteiger partial charge in [0.1, 0.15) is 12.0 Å². The van der Waals surface area contributed by atoms with Crippen molar-refractivity contribution in [3.8, 4) is 0 Å². The number of carbonyl (C=O) groups is 2. The topological polar surface area (TPSA) is 63.6 Å². The van der Waals surface area contributed by atoms with Crippen LogP contribution in [0.4, 0.5) is 0 Å². The lowest BCUT2D eigenvalue weighted by molar-refractivity contribution is -0.156. The molecule has 0 radical (unpaired) electrons. The third-order valence-corrected chi connectivity index (χ3v) is 2.42. The first-order valence-electron chi connectivity index (χ1n) is 5.63. The van der Waals surface area contributed by atoms with Gasteiger partial charge in [0.05, 0.1) is 0 Å². The van der Waals surface area contributed by atoms with E-state index >= 15 is 0 Å². The molecule has 0 heterocycles. The number of hydrogen-bond acceptors (Lipinski definition) is 3. The Morgan fingerprint density at radius 3 is 2.39 bits per heavy atom. The summed E-state index contributed by atoms with van der Waals surface area (Å²) >= 11 is 0. The van der Waals surface area contributed by atoms with E-state index in [0.717, 1.165) is 11.9 Å². The summed E-state index contributed by atoms with van der Waals surface area (Å²) in [5, 5.41) is 8.94. The zero-order chi connectivity index (χ0) is 14.3. The fourth-order valence-electron chi connectivity index (χ4n) is 1.15. The van der Waals surface area contributed by atoms with Gasteiger partial charge < -0.3 is 14.6 Å². The summed E-state index contributed by atoms with van der Waals surface area (Å²) in [6.07, 6.45) is 4.69. The van der Waals surface area contributed by atoms with Crippen LogP contribution in [0.25, 0.3) is 0 Å². The number of ether oxygens (including phenoxy) is 1. The van der Waals surface area contributed by atoms with E-state index in [1.54, 1.807) is 13.0 Å². The molecule has 0 rings (SSSR count). The van der Waals surface area contributed by atoms with E-state index in [0.29, 0.717) is 12.0 Å². The van der Waals surface area contributed by atoms with Gasteiger partial charge in [0, 0.05) is 6.42 Å². The molecule has 0 spiro atoms. The molecule has 1 N–H and O–H groups in total. The van der Waals surface area contributed by atoms with Crippen LogP contribution in [-0.4, -0.2) is 23.0 Å². The van der Waals surface area contributed by atoms with Crippen molar-refractivity contribution >= 4 is 12.3 Å². The fraction of sp³-hybridized carbons (Fsp3) is 0.429. The molecule has 0 aliphatic heterocycles. The molecule has 0 fully saturated rings. The van der Waals surface area contributed by atoms with E-state index in [4.69, 9.17) is 9.84 Å². The van der Waals surface area contributed by atoms with Gasteiger partial charge >= 0.3 is 5.97 Å². The quantitative estimate of drug-likeness (QED) is 0.430. The maximum absolute atomic E-state index is 10.9. The number of carboxylic acids is 1. The van der Waals surface area contributed by atoms with Crippen LogP contribution < -0.4 is 0 Å². The molecule has 0 bridgehead atoms. The Hall–Kier alpha value is -1.84. The van der Waals surface area contributed by atoms with Crippen molar-refractivity contribution < 1.29 is 19.4 Å². The first kappa shape index (κ1) is 16.2. The van der Waals surface area contributed by atoms with E-state index in [1.807, 2.05) is 13.0 Å². The highest BCUT2D eigenvalue weighted by Crippen LogP contribution is 2.20. The van der Waals surface area contributed by atoms with Crippen LogP contribution in [0, 0.1) is 0 Å². The molecule has 4 nitrogen and oxygen atoms in total. The second-order valence-corrected chi connectivity index (χ2v) is 4.40. The number of carbonyl (C=O) groups excluding carboxylic acids is 1. The minimum atomic E-state index is -1.33. The molecule has 0 unspecified atom stereocenters. The lowest BCUT2D eigenvalue weighted by Gasteiger charge is -2.23. The van der Waals surface area contributed by atoms with Crippen LogP contribution >= 0.6 is 0 Å². The molecule has 0 aliphatic rings. The maximum Gasteiger partial charge on any atom is 0.347 e. The first-order chi connectivity index (χ1) is 8.24. The van der Waals surface area contributed by atoms with Crippen molar-refractivity contribution in [2.75, 3.05) is 0 Å². The molecule has 100 valence electrons. The summed E-state index contributed by atoms with van der Waals surface area (Å²) in [6.45, 7) is 10.2. The molecular weight excluding hydrogens is 232 g/mol. The molecule has 0 aromatic rings. The predicted molar refractivity (Wildman–Crippen MR) is 70.1 cm³/mol. The van der Waals surface area contributed by atoms with E-state index in [1.165, 1.54) is 13.8 Å². The average molecular weight is 252 g/mol. The Morgan fingerprint density at radius 2 is 2.00 bits per heavy atom. The standard InChI is InChI=1S/C14H20O4/c1-6-12(7-8-15)9-10(2)11(3)18-14(4,5)13(16)17/h6,8-9H,3,7H2,1-2,4-5H3,(H,16,17)/b10-9-,12-6-. The minimum Gasteiger partial charge on any atom is -0.478 e. The van der Waals surface area contributed by atoms with Gasteiger partial charge in [0.15, 0.2) is 5.60 Å². The number of rotatable bonds is 7. The predicted octanol–water partition coefficient (Wildman–Crippen LogP) is 2.86. The Kier molecular flexibility index (Phi) is 6.09. The molecule has 0 aromatic heterocycles. The van der Waals surface area contributed by atoms with Gasteiger partial charge in [0.2, 0.25) is 0 Å². The number of aliphatic carboxylic acids is 1. The molecule has 0 atom stereocenters. The van der Waals surface area contributed by atoms with Crippen molar-refractivity contribution in [2.24, 2.45) is 0 Å². The second-order valence-electron chi connectivity index (χ2n) is 4.40. The Bertz CT molecular complexity index is 400.